The minimum Gasteiger partial charge on any atom is -0.451 e. The Morgan fingerprint density at radius 1 is 1.13 bits per heavy atom. The van der Waals surface area contributed by atoms with Gasteiger partial charge >= 0.3 is 0 Å². The van der Waals surface area contributed by atoms with E-state index in [1.54, 1.807) is 25.1 Å². The SMILES string of the molecule is Cc1cccc(NC(=O)c2cc(=O)c3cc(Cl)c(C)cc3o2)c1. The Morgan fingerprint density at radius 3 is 2.65 bits per heavy atom. The van der Waals surface area contributed by atoms with Crippen LogP contribution in [0, 0.1) is 13.8 Å². The van der Waals surface area contributed by atoms with Crippen LogP contribution in [0.5, 0.6) is 0 Å². The molecule has 0 aliphatic carbocycles. The standard InChI is InChI=1S/C18H14ClNO3/c1-10-4-3-5-12(6-10)20-18(22)17-9-15(21)13-8-14(19)11(2)7-16(13)23-17/h3-9H,1-2H3,(H,20,22). The van der Waals surface area contributed by atoms with Crippen molar-refractivity contribution in [1.29, 1.82) is 0 Å². The Labute approximate surface area is 137 Å². The van der Waals surface area contributed by atoms with Crippen molar-refractivity contribution in [3.05, 3.63) is 74.6 Å². The van der Waals surface area contributed by atoms with Gasteiger partial charge in [0, 0.05) is 16.8 Å². The molecule has 0 fully saturated rings. The van der Waals surface area contributed by atoms with Crippen LogP contribution in [0.1, 0.15) is 21.7 Å². The Kier molecular flexibility index (Phi) is 3.92. The van der Waals surface area contributed by atoms with Gasteiger partial charge in [0.25, 0.3) is 5.91 Å². The predicted octanol–water partition coefficient (Wildman–Crippen LogP) is 4.32. The molecule has 1 aromatic heterocycles. The highest BCUT2D eigenvalue weighted by atomic mass is 35.5. The average Bonchev–Trinajstić information content (AvgIpc) is 2.49. The molecule has 3 rings (SSSR count). The summed E-state index contributed by atoms with van der Waals surface area (Å²) in [5.74, 6) is -0.507. The van der Waals surface area contributed by atoms with E-state index in [0.717, 1.165) is 11.1 Å². The first-order valence-corrected chi connectivity index (χ1v) is 7.44. The Morgan fingerprint density at radius 2 is 1.91 bits per heavy atom. The molecular weight excluding hydrogens is 314 g/mol. The molecule has 3 aromatic rings. The van der Waals surface area contributed by atoms with E-state index in [4.69, 9.17) is 16.0 Å². The van der Waals surface area contributed by atoms with Crippen molar-refractivity contribution in [2.75, 3.05) is 5.32 Å². The Bertz CT molecular complexity index is 976. The first kappa shape index (κ1) is 15.3. The Balaban J connectivity index is 2.01. The van der Waals surface area contributed by atoms with Crippen molar-refractivity contribution in [2.45, 2.75) is 13.8 Å². The number of carbonyl (C=O) groups excluding carboxylic acids is 1. The molecule has 2 aromatic carbocycles. The maximum atomic E-state index is 12.3. The molecule has 0 saturated heterocycles. The topological polar surface area (TPSA) is 59.3 Å². The summed E-state index contributed by atoms with van der Waals surface area (Å²) in [6.07, 6.45) is 0. The molecule has 0 bridgehead atoms. The number of aryl methyl sites for hydroxylation is 2. The molecule has 0 aliphatic rings. The van der Waals surface area contributed by atoms with Gasteiger partial charge in [-0.1, -0.05) is 23.7 Å². The van der Waals surface area contributed by atoms with E-state index in [-0.39, 0.29) is 11.2 Å². The first-order valence-electron chi connectivity index (χ1n) is 7.06. The molecule has 0 spiro atoms. The van der Waals surface area contributed by atoms with Gasteiger partial charge in [-0.25, -0.2) is 0 Å². The van der Waals surface area contributed by atoms with Crippen molar-refractivity contribution in [3.63, 3.8) is 0 Å². The number of benzene rings is 2. The van der Waals surface area contributed by atoms with Crippen LogP contribution in [-0.2, 0) is 0 Å². The summed E-state index contributed by atoms with van der Waals surface area (Å²) >= 11 is 6.02. The molecule has 5 heteroatoms. The second-order valence-electron chi connectivity index (χ2n) is 5.40. The molecule has 0 atom stereocenters. The largest absolute Gasteiger partial charge is 0.451 e. The molecule has 0 unspecified atom stereocenters. The molecule has 1 N–H and O–H groups in total. The first-order chi connectivity index (χ1) is 10.9. The van der Waals surface area contributed by atoms with Gasteiger partial charge in [-0.15, -0.1) is 0 Å². The zero-order chi connectivity index (χ0) is 16.6. The summed E-state index contributed by atoms with van der Waals surface area (Å²) in [4.78, 5) is 24.5. The smallest absolute Gasteiger partial charge is 0.291 e. The van der Waals surface area contributed by atoms with Crippen LogP contribution in [0.2, 0.25) is 5.02 Å². The van der Waals surface area contributed by atoms with Gasteiger partial charge in [0.05, 0.1) is 5.39 Å². The van der Waals surface area contributed by atoms with Crippen LogP contribution in [0.3, 0.4) is 0 Å². The second-order valence-corrected chi connectivity index (χ2v) is 5.80. The molecule has 116 valence electrons. The third kappa shape index (κ3) is 3.12. The van der Waals surface area contributed by atoms with E-state index in [1.807, 2.05) is 25.1 Å². The van der Waals surface area contributed by atoms with Gasteiger partial charge in [-0.3, -0.25) is 9.59 Å². The summed E-state index contributed by atoms with van der Waals surface area (Å²) in [5, 5.41) is 3.56. The monoisotopic (exact) mass is 327 g/mol. The molecule has 23 heavy (non-hydrogen) atoms. The number of hydrogen-bond donors (Lipinski definition) is 1. The quantitative estimate of drug-likeness (QED) is 0.762. The number of carbonyl (C=O) groups is 1. The lowest BCUT2D eigenvalue weighted by Gasteiger charge is -2.07. The minimum atomic E-state index is -0.470. The van der Waals surface area contributed by atoms with E-state index in [0.29, 0.717) is 21.7 Å². The van der Waals surface area contributed by atoms with Gasteiger partial charge in [-0.2, -0.15) is 0 Å². The van der Waals surface area contributed by atoms with Crippen molar-refractivity contribution >= 4 is 34.2 Å². The summed E-state index contributed by atoms with van der Waals surface area (Å²) < 4.78 is 5.57. The van der Waals surface area contributed by atoms with Gasteiger partial charge in [0.15, 0.2) is 11.2 Å². The highest BCUT2D eigenvalue weighted by Gasteiger charge is 2.14. The van der Waals surface area contributed by atoms with Crippen LogP contribution in [0.25, 0.3) is 11.0 Å². The fraction of sp³-hybridized carbons (Fsp3) is 0.111. The van der Waals surface area contributed by atoms with E-state index in [1.165, 1.54) is 6.07 Å². The number of hydrogen-bond acceptors (Lipinski definition) is 3. The lowest BCUT2D eigenvalue weighted by atomic mass is 10.1. The van der Waals surface area contributed by atoms with Gasteiger partial charge < -0.3 is 9.73 Å². The van der Waals surface area contributed by atoms with Gasteiger partial charge in [-0.05, 0) is 49.2 Å². The maximum absolute atomic E-state index is 12.3. The van der Waals surface area contributed by atoms with Crippen LogP contribution in [0.15, 0.2) is 51.7 Å². The third-order valence-corrected chi connectivity index (χ3v) is 3.92. The summed E-state index contributed by atoms with van der Waals surface area (Å²) in [6, 6.07) is 11.8. The molecule has 1 heterocycles. The van der Waals surface area contributed by atoms with Crippen LogP contribution in [0.4, 0.5) is 5.69 Å². The summed E-state index contributed by atoms with van der Waals surface area (Å²) in [6.45, 7) is 3.74. The van der Waals surface area contributed by atoms with E-state index in [2.05, 4.69) is 5.32 Å². The molecule has 0 aliphatic heterocycles. The molecule has 1 amide bonds. The van der Waals surface area contributed by atoms with Crippen molar-refractivity contribution in [3.8, 4) is 0 Å². The number of anilines is 1. The number of nitrogens with one attached hydrogen (secondary N) is 1. The lowest BCUT2D eigenvalue weighted by molar-refractivity contribution is 0.0997. The molecular formula is C18H14ClNO3. The minimum absolute atomic E-state index is 0.0364. The van der Waals surface area contributed by atoms with E-state index in [9.17, 15) is 9.59 Å². The number of fused-ring (bicyclic) bond motifs is 1. The summed E-state index contributed by atoms with van der Waals surface area (Å²) in [5.41, 5.74) is 2.48. The highest BCUT2D eigenvalue weighted by Crippen LogP contribution is 2.22. The predicted molar refractivity (Wildman–Crippen MR) is 91.4 cm³/mol. The van der Waals surface area contributed by atoms with Gasteiger partial charge in [0.1, 0.15) is 5.58 Å². The zero-order valence-corrected chi connectivity index (χ0v) is 13.4. The fourth-order valence-electron chi connectivity index (χ4n) is 2.30. The lowest BCUT2D eigenvalue weighted by Crippen LogP contribution is -2.15. The van der Waals surface area contributed by atoms with E-state index < -0.39 is 5.91 Å². The Hall–Kier alpha value is -2.59. The third-order valence-electron chi connectivity index (χ3n) is 3.51. The second kappa shape index (κ2) is 5.89. The summed E-state index contributed by atoms with van der Waals surface area (Å²) in [7, 11) is 0. The highest BCUT2D eigenvalue weighted by molar-refractivity contribution is 6.32. The fourth-order valence-corrected chi connectivity index (χ4v) is 2.47. The molecule has 4 nitrogen and oxygen atoms in total. The van der Waals surface area contributed by atoms with Crippen molar-refractivity contribution in [1.82, 2.24) is 0 Å². The van der Waals surface area contributed by atoms with Gasteiger partial charge in [0.2, 0.25) is 0 Å². The molecule has 0 saturated carbocycles. The van der Waals surface area contributed by atoms with E-state index >= 15 is 0 Å². The van der Waals surface area contributed by atoms with Crippen molar-refractivity contribution in [2.24, 2.45) is 0 Å². The number of amides is 1. The average molecular weight is 328 g/mol. The van der Waals surface area contributed by atoms with Crippen LogP contribution >= 0.6 is 11.6 Å². The zero-order valence-electron chi connectivity index (χ0n) is 12.6. The van der Waals surface area contributed by atoms with Crippen LogP contribution < -0.4 is 10.7 Å². The maximum Gasteiger partial charge on any atom is 0.291 e. The number of rotatable bonds is 2. The number of halogens is 1. The normalized spacial score (nSPS) is 10.7. The van der Waals surface area contributed by atoms with Crippen molar-refractivity contribution < 1.29 is 9.21 Å². The molecule has 0 radical (unpaired) electrons. The van der Waals surface area contributed by atoms with Crippen LogP contribution in [-0.4, -0.2) is 5.91 Å².